The highest BCUT2D eigenvalue weighted by atomic mass is 19.4. The molecule has 51 heavy (non-hydrogen) atoms. The number of carbonyl (C=O) groups excluding carboxylic acids is 3. The summed E-state index contributed by atoms with van der Waals surface area (Å²) < 4.78 is 50.3. The minimum absolute atomic E-state index is 0.210. The molecule has 1 aliphatic rings. The van der Waals surface area contributed by atoms with Crippen LogP contribution < -0.4 is 5.32 Å². The summed E-state index contributed by atoms with van der Waals surface area (Å²) >= 11 is 0. The number of hydrogen-bond donors (Lipinski definition) is 1. The number of nitrogens with one attached hydrogen (secondary N) is 1. The number of carbonyl (C=O) groups is 3. The number of benzene rings is 4. The number of likely N-dealkylation sites (tertiary alicyclic amines) is 1. The first-order chi connectivity index (χ1) is 24.6. The summed E-state index contributed by atoms with van der Waals surface area (Å²) in [5.41, 5.74) is 3.14. The molecule has 1 saturated heterocycles. The van der Waals surface area contributed by atoms with Crippen LogP contribution in [0.3, 0.4) is 0 Å². The zero-order valence-corrected chi connectivity index (χ0v) is 28.8. The van der Waals surface area contributed by atoms with Crippen LogP contribution in [0.2, 0.25) is 0 Å². The maximum absolute atomic E-state index is 13.7. The maximum atomic E-state index is 13.7. The number of rotatable bonds is 13. The first-order valence-corrected chi connectivity index (χ1v) is 17.4. The van der Waals surface area contributed by atoms with E-state index >= 15 is 0 Å². The van der Waals surface area contributed by atoms with Crippen LogP contribution in [0.25, 0.3) is 11.1 Å². The van der Waals surface area contributed by atoms with E-state index in [1.807, 2.05) is 61.5 Å². The van der Waals surface area contributed by atoms with Gasteiger partial charge in [-0.3, -0.25) is 9.69 Å². The Labute approximate surface area is 296 Å². The second-order valence-electron chi connectivity index (χ2n) is 12.6. The Hall–Kier alpha value is -4.96. The van der Waals surface area contributed by atoms with Gasteiger partial charge in [-0.25, -0.2) is 9.59 Å². The number of halogens is 3. The molecule has 0 aromatic heterocycles. The third-order valence-electron chi connectivity index (χ3n) is 9.20. The van der Waals surface area contributed by atoms with Crippen molar-refractivity contribution in [3.05, 3.63) is 125 Å². The van der Waals surface area contributed by atoms with Gasteiger partial charge in [0.2, 0.25) is 0 Å². The van der Waals surface area contributed by atoms with Crippen LogP contribution in [0.15, 0.2) is 103 Å². The van der Waals surface area contributed by atoms with Crippen molar-refractivity contribution in [3.63, 3.8) is 0 Å². The molecule has 1 amide bonds. The highest BCUT2D eigenvalue weighted by Gasteiger charge is 2.35. The quantitative estimate of drug-likeness (QED) is 0.140. The monoisotopic (exact) mass is 700 g/mol. The lowest BCUT2D eigenvalue weighted by Gasteiger charge is -2.37. The van der Waals surface area contributed by atoms with Gasteiger partial charge in [-0.1, -0.05) is 86.1 Å². The number of amides is 1. The SMILES string of the molecule is CCCCC(OC(=O)C(c1ccccc1)N1CCC(c2ccc(NC(=O)c3ccccc3-c3ccc(C(F)(F)F)cc3)cc2)CC1)C(=O)OCC. The van der Waals surface area contributed by atoms with Crippen LogP contribution in [0.4, 0.5) is 18.9 Å². The third kappa shape index (κ3) is 9.64. The fraction of sp³-hybridized carbons (Fsp3) is 0.341. The van der Waals surface area contributed by atoms with Crippen LogP contribution in [-0.4, -0.2) is 48.5 Å². The zero-order chi connectivity index (χ0) is 36.4. The average Bonchev–Trinajstić information content (AvgIpc) is 3.14. The Morgan fingerprint density at radius 1 is 0.824 bits per heavy atom. The smallest absolute Gasteiger partial charge is 0.416 e. The van der Waals surface area contributed by atoms with Gasteiger partial charge in [0.05, 0.1) is 12.2 Å². The van der Waals surface area contributed by atoms with Crippen molar-refractivity contribution in [2.75, 3.05) is 25.0 Å². The molecule has 0 bridgehead atoms. The average molecular weight is 701 g/mol. The van der Waals surface area contributed by atoms with Gasteiger partial charge < -0.3 is 14.8 Å². The summed E-state index contributed by atoms with van der Waals surface area (Å²) in [7, 11) is 0. The molecule has 0 spiro atoms. The van der Waals surface area contributed by atoms with E-state index in [4.69, 9.17) is 9.47 Å². The maximum Gasteiger partial charge on any atom is 0.416 e. The fourth-order valence-electron chi connectivity index (χ4n) is 6.49. The number of unbranched alkanes of at least 4 members (excludes halogenated alkanes) is 1. The highest BCUT2D eigenvalue weighted by molar-refractivity contribution is 6.08. The Kier molecular flexibility index (Phi) is 12.7. The molecule has 268 valence electrons. The predicted octanol–water partition coefficient (Wildman–Crippen LogP) is 9.21. The summed E-state index contributed by atoms with van der Waals surface area (Å²) in [5.74, 6) is -1.12. The topological polar surface area (TPSA) is 84.9 Å². The minimum atomic E-state index is -4.44. The van der Waals surface area contributed by atoms with Crippen molar-refractivity contribution in [3.8, 4) is 11.1 Å². The summed E-state index contributed by atoms with van der Waals surface area (Å²) in [4.78, 5) is 41.8. The van der Waals surface area contributed by atoms with Crippen molar-refractivity contribution in [2.24, 2.45) is 0 Å². The largest absolute Gasteiger partial charge is 0.463 e. The molecule has 0 aliphatic carbocycles. The summed E-state index contributed by atoms with van der Waals surface area (Å²) in [6.45, 7) is 5.23. The van der Waals surface area contributed by atoms with Crippen LogP contribution in [-0.2, 0) is 25.2 Å². The lowest BCUT2D eigenvalue weighted by molar-refractivity contribution is -0.172. The predicted molar refractivity (Wildman–Crippen MR) is 190 cm³/mol. The third-order valence-corrected chi connectivity index (χ3v) is 9.20. The van der Waals surface area contributed by atoms with Gasteiger partial charge in [0, 0.05) is 11.3 Å². The normalized spacial score (nSPS) is 15.1. The molecule has 2 atom stereocenters. The number of anilines is 1. The molecular formula is C41H43F3N2O5. The number of piperidine rings is 1. The van der Waals surface area contributed by atoms with Gasteiger partial charge >= 0.3 is 18.1 Å². The van der Waals surface area contributed by atoms with Gasteiger partial charge in [-0.15, -0.1) is 0 Å². The van der Waals surface area contributed by atoms with Crippen LogP contribution in [0, 0.1) is 0 Å². The number of nitrogens with zero attached hydrogens (tertiary/aromatic N) is 1. The second kappa shape index (κ2) is 17.3. The van der Waals surface area contributed by atoms with Crippen molar-refractivity contribution in [1.82, 2.24) is 4.90 Å². The van der Waals surface area contributed by atoms with Crippen LogP contribution in [0.5, 0.6) is 0 Å². The molecule has 10 heteroatoms. The van der Waals surface area contributed by atoms with Gasteiger partial charge in [0.1, 0.15) is 6.04 Å². The van der Waals surface area contributed by atoms with E-state index in [1.165, 1.54) is 12.1 Å². The first kappa shape index (κ1) is 37.3. The van der Waals surface area contributed by atoms with Crippen molar-refractivity contribution in [2.45, 2.75) is 70.2 Å². The molecule has 4 aromatic carbocycles. The number of esters is 2. The van der Waals surface area contributed by atoms with E-state index in [2.05, 4.69) is 10.2 Å². The number of hydrogen-bond acceptors (Lipinski definition) is 6. The molecule has 4 aromatic rings. The Bertz CT molecular complexity index is 1750. The van der Waals surface area contributed by atoms with E-state index in [-0.39, 0.29) is 18.4 Å². The van der Waals surface area contributed by atoms with Gasteiger partial charge in [-0.05, 0) is 104 Å². The van der Waals surface area contributed by atoms with Crippen molar-refractivity contribution in [1.29, 1.82) is 0 Å². The standard InChI is InChI=1S/C41H43F3N2O5/c1-3-5-15-36(39(48)50-4-2)51-40(49)37(31-11-7-6-8-12-31)46-26-24-29(25-27-46)28-18-22-33(23-19-28)45-38(47)35-14-10-9-13-34(35)30-16-20-32(21-17-30)41(42,43)44/h6-14,16-23,29,36-37H,3-5,15,24-27H2,1-2H3,(H,45,47). The molecule has 7 nitrogen and oxygen atoms in total. The number of ether oxygens (including phenoxy) is 2. The summed E-state index contributed by atoms with van der Waals surface area (Å²) in [5, 5.41) is 2.92. The summed E-state index contributed by atoms with van der Waals surface area (Å²) in [6.07, 6.45) is -1.81. The van der Waals surface area contributed by atoms with Gasteiger partial charge in [-0.2, -0.15) is 13.2 Å². The summed E-state index contributed by atoms with van der Waals surface area (Å²) in [6, 6.07) is 28.0. The van der Waals surface area contributed by atoms with Crippen molar-refractivity contribution >= 4 is 23.5 Å². The molecule has 1 fully saturated rings. The lowest BCUT2D eigenvalue weighted by Crippen LogP contribution is -2.42. The molecule has 5 rings (SSSR count). The molecule has 1 aliphatic heterocycles. The molecule has 1 N–H and O–H groups in total. The Morgan fingerprint density at radius 3 is 2.10 bits per heavy atom. The lowest BCUT2D eigenvalue weighted by atomic mass is 9.88. The molecule has 1 heterocycles. The van der Waals surface area contributed by atoms with E-state index in [1.54, 1.807) is 31.2 Å². The van der Waals surface area contributed by atoms with E-state index in [9.17, 15) is 27.6 Å². The molecular weight excluding hydrogens is 657 g/mol. The first-order valence-electron chi connectivity index (χ1n) is 17.4. The number of alkyl halides is 3. The Balaban J connectivity index is 1.23. The fourth-order valence-corrected chi connectivity index (χ4v) is 6.49. The van der Waals surface area contributed by atoms with Crippen molar-refractivity contribution < 1.29 is 37.0 Å². The molecule has 0 radical (unpaired) electrons. The van der Waals surface area contributed by atoms with E-state index in [0.717, 1.165) is 48.9 Å². The van der Waals surface area contributed by atoms with Gasteiger partial charge in [0.15, 0.2) is 6.10 Å². The highest BCUT2D eigenvalue weighted by Crippen LogP contribution is 2.35. The van der Waals surface area contributed by atoms with Crippen LogP contribution in [0.1, 0.15) is 85.0 Å². The second-order valence-corrected chi connectivity index (χ2v) is 12.6. The zero-order valence-electron chi connectivity index (χ0n) is 28.8. The minimum Gasteiger partial charge on any atom is -0.463 e. The molecule has 2 unspecified atom stereocenters. The van der Waals surface area contributed by atoms with Gasteiger partial charge in [0.25, 0.3) is 5.91 Å². The molecule has 0 saturated carbocycles. The van der Waals surface area contributed by atoms with Crippen LogP contribution >= 0.6 is 0 Å². The van der Waals surface area contributed by atoms with E-state index < -0.39 is 35.8 Å². The Morgan fingerprint density at radius 2 is 1.47 bits per heavy atom. The van der Waals surface area contributed by atoms with E-state index in [0.29, 0.717) is 41.9 Å².